The smallest absolute Gasteiger partial charge is 0.254 e. The molecule has 0 radical (unpaired) electrons. The first-order valence-corrected chi connectivity index (χ1v) is 9.47. The van der Waals surface area contributed by atoms with E-state index in [4.69, 9.17) is 4.42 Å². The number of rotatable bonds is 6. The molecule has 0 aliphatic carbocycles. The van der Waals surface area contributed by atoms with E-state index in [0.29, 0.717) is 18.7 Å². The van der Waals surface area contributed by atoms with Gasteiger partial charge >= 0.3 is 0 Å². The molecule has 4 rings (SSSR count). The van der Waals surface area contributed by atoms with E-state index in [-0.39, 0.29) is 5.91 Å². The number of fused-ring (bicyclic) bond motifs is 1. The van der Waals surface area contributed by atoms with Crippen molar-refractivity contribution in [3.8, 4) is 0 Å². The van der Waals surface area contributed by atoms with Crippen LogP contribution < -0.4 is 0 Å². The Kier molecular flexibility index (Phi) is 4.58. The van der Waals surface area contributed by atoms with Gasteiger partial charge in [-0.05, 0) is 48.2 Å². The fourth-order valence-electron chi connectivity index (χ4n) is 2.64. The van der Waals surface area contributed by atoms with Gasteiger partial charge in [-0.25, -0.2) is 0 Å². The van der Waals surface area contributed by atoms with Gasteiger partial charge in [0, 0.05) is 17.0 Å². The summed E-state index contributed by atoms with van der Waals surface area (Å²) in [5.74, 6) is 0.749. The molecule has 3 heterocycles. The molecule has 0 saturated carbocycles. The minimum absolute atomic E-state index is 0.0251. The van der Waals surface area contributed by atoms with Crippen LogP contribution in [0.5, 0.6) is 0 Å². The minimum Gasteiger partial charge on any atom is -0.467 e. The van der Waals surface area contributed by atoms with Crippen molar-refractivity contribution >= 4 is 40.0 Å². The number of amides is 1. The fraction of sp³-hybridized carbons (Fsp3) is 0.167. The van der Waals surface area contributed by atoms with Crippen LogP contribution in [0.4, 0.5) is 0 Å². The molecular weight excluding hydrogens is 354 g/mol. The van der Waals surface area contributed by atoms with Crippen LogP contribution in [0.25, 0.3) is 11.0 Å². The van der Waals surface area contributed by atoms with E-state index in [9.17, 15) is 4.79 Å². The number of furan rings is 1. The van der Waals surface area contributed by atoms with Crippen molar-refractivity contribution in [2.75, 3.05) is 6.54 Å². The van der Waals surface area contributed by atoms with Gasteiger partial charge in [0.2, 0.25) is 0 Å². The molecule has 0 aliphatic rings. The molecule has 0 N–H and O–H groups in total. The summed E-state index contributed by atoms with van der Waals surface area (Å²) in [4.78, 5) is 16.1. The van der Waals surface area contributed by atoms with E-state index in [2.05, 4.69) is 20.2 Å². The lowest BCUT2D eigenvalue weighted by Crippen LogP contribution is -2.32. The molecule has 3 aromatic heterocycles. The molecule has 1 amide bonds. The molecule has 0 aliphatic heterocycles. The van der Waals surface area contributed by atoms with Crippen molar-refractivity contribution in [1.29, 1.82) is 0 Å². The van der Waals surface area contributed by atoms with Crippen molar-refractivity contribution in [2.45, 2.75) is 13.0 Å². The van der Waals surface area contributed by atoms with Gasteiger partial charge in [-0.15, -0.1) is 11.3 Å². The summed E-state index contributed by atoms with van der Waals surface area (Å²) >= 11 is 2.86. The normalized spacial score (nSPS) is 11.0. The highest BCUT2D eigenvalue weighted by Gasteiger charge is 2.18. The first-order valence-electron chi connectivity index (χ1n) is 7.86. The molecule has 25 heavy (non-hydrogen) atoms. The van der Waals surface area contributed by atoms with Crippen LogP contribution >= 0.6 is 23.1 Å². The first kappa shape index (κ1) is 16.0. The Morgan fingerprint density at radius 2 is 2.04 bits per heavy atom. The van der Waals surface area contributed by atoms with Gasteiger partial charge in [-0.2, -0.15) is 8.75 Å². The summed E-state index contributed by atoms with van der Waals surface area (Å²) < 4.78 is 13.8. The van der Waals surface area contributed by atoms with E-state index < -0.39 is 0 Å². The Morgan fingerprint density at radius 1 is 1.12 bits per heavy atom. The predicted octanol–water partition coefficient (Wildman–Crippen LogP) is 4.23. The van der Waals surface area contributed by atoms with Gasteiger partial charge in [0.1, 0.15) is 16.8 Å². The molecule has 0 atom stereocenters. The second-order valence-electron chi connectivity index (χ2n) is 5.60. The number of carbonyl (C=O) groups is 1. The van der Waals surface area contributed by atoms with Gasteiger partial charge in [0.25, 0.3) is 5.91 Å². The largest absolute Gasteiger partial charge is 0.467 e. The van der Waals surface area contributed by atoms with Crippen LogP contribution in [-0.4, -0.2) is 26.1 Å². The topological polar surface area (TPSA) is 59.2 Å². The molecule has 0 unspecified atom stereocenters. The van der Waals surface area contributed by atoms with Crippen molar-refractivity contribution < 1.29 is 9.21 Å². The predicted molar refractivity (Wildman–Crippen MR) is 98.9 cm³/mol. The van der Waals surface area contributed by atoms with Crippen LogP contribution in [0, 0.1) is 0 Å². The quantitative estimate of drug-likeness (QED) is 0.510. The maximum Gasteiger partial charge on any atom is 0.254 e. The van der Waals surface area contributed by atoms with Crippen LogP contribution in [0.15, 0.2) is 58.5 Å². The van der Waals surface area contributed by atoms with E-state index in [1.165, 1.54) is 4.88 Å². The number of aromatic nitrogens is 2. The van der Waals surface area contributed by atoms with Gasteiger partial charge < -0.3 is 9.32 Å². The summed E-state index contributed by atoms with van der Waals surface area (Å²) in [5.41, 5.74) is 2.20. The molecule has 0 fully saturated rings. The summed E-state index contributed by atoms with van der Waals surface area (Å²) in [5, 5.41) is 2.05. The van der Waals surface area contributed by atoms with Crippen LogP contribution in [-0.2, 0) is 13.0 Å². The van der Waals surface area contributed by atoms with E-state index in [1.54, 1.807) is 23.7 Å². The maximum absolute atomic E-state index is 13.0. The zero-order valence-electron chi connectivity index (χ0n) is 13.3. The molecule has 0 bridgehead atoms. The molecular formula is C18H15N3O2S2. The third kappa shape index (κ3) is 3.62. The number of benzene rings is 1. The highest BCUT2D eigenvalue weighted by atomic mass is 32.1. The lowest BCUT2D eigenvalue weighted by molar-refractivity contribution is 0.0734. The third-order valence-electron chi connectivity index (χ3n) is 3.92. The van der Waals surface area contributed by atoms with Crippen molar-refractivity contribution in [2.24, 2.45) is 0 Å². The van der Waals surface area contributed by atoms with Gasteiger partial charge in [-0.1, -0.05) is 6.07 Å². The van der Waals surface area contributed by atoms with Crippen molar-refractivity contribution in [3.05, 3.63) is 70.3 Å². The van der Waals surface area contributed by atoms with Gasteiger partial charge in [0.05, 0.1) is 24.5 Å². The molecule has 7 heteroatoms. The Balaban J connectivity index is 1.57. The summed E-state index contributed by atoms with van der Waals surface area (Å²) in [6, 6.07) is 13.3. The molecule has 4 aromatic rings. The monoisotopic (exact) mass is 369 g/mol. The standard InChI is InChI=1S/C18H15N3O2S2/c22-18(13-5-6-16-17(11-13)20-25-19-16)21(12-14-3-1-9-23-14)8-7-15-4-2-10-24-15/h1-6,9-11H,7-8,12H2. The zero-order chi connectivity index (χ0) is 17.1. The summed E-state index contributed by atoms with van der Waals surface area (Å²) in [7, 11) is 0. The van der Waals surface area contributed by atoms with Gasteiger partial charge in [0.15, 0.2) is 0 Å². The fourth-order valence-corrected chi connectivity index (χ4v) is 3.86. The lowest BCUT2D eigenvalue weighted by atomic mass is 10.1. The summed E-state index contributed by atoms with van der Waals surface area (Å²) in [6.07, 6.45) is 2.45. The number of hydrogen-bond donors (Lipinski definition) is 0. The van der Waals surface area contributed by atoms with Crippen molar-refractivity contribution in [3.63, 3.8) is 0 Å². The zero-order valence-corrected chi connectivity index (χ0v) is 14.9. The van der Waals surface area contributed by atoms with Crippen LogP contribution in [0.1, 0.15) is 21.0 Å². The number of hydrogen-bond acceptors (Lipinski definition) is 6. The van der Waals surface area contributed by atoms with E-state index in [0.717, 1.165) is 34.9 Å². The SMILES string of the molecule is O=C(c1ccc2nsnc2c1)N(CCc1cccs1)Cc1ccco1. The number of nitrogens with zero attached hydrogens (tertiary/aromatic N) is 3. The van der Waals surface area contributed by atoms with Crippen molar-refractivity contribution in [1.82, 2.24) is 13.6 Å². The first-order chi connectivity index (χ1) is 12.3. The average molecular weight is 369 g/mol. The van der Waals surface area contributed by atoms with E-state index >= 15 is 0 Å². The Hall–Kier alpha value is -2.51. The molecule has 5 nitrogen and oxygen atoms in total. The average Bonchev–Trinajstić information content (AvgIpc) is 3.39. The molecule has 0 saturated heterocycles. The summed E-state index contributed by atoms with van der Waals surface area (Å²) in [6.45, 7) is 1.08. The molecule has 126 valence electrons. The minimum atomic E-state index is -0.0251. The Bertz CT molecular complexity index is 961. The highest BCUT2D eigenvalue weighted by molar-refractivity contribution is 7.09. The number of carbonyl (C=O) groups excluding carboxylic acids is 1. The second kappa shape index (κ2) is 7.16. The Labute approximate surface area is 152 Å². The molecule has 0 spiro atoms. The van der Waals surface area contributed by atoms with Crippen LogP contribution in [0.3, 0.4) is 0 Å². The van der Waals surface area contributed by atoms with Gasteiger partial charge in [-0.3, -0.25) is 4.79 Å². The van der Waals surface area contributed by atoms with Crippen LogP contribution in [0.2, 0.25) is 0 Å². The number of thiophene rings is 1. The van der Waals surface area contributed by atoms with E-state index in [1.807, 2.05) is 35.2 Å². The lowest BCUT2D eigenvalue weighted by Gasteiger charge is -2.21. The molecule has 1 aromatic carbocycles. The second-order valence-corrected chi connectivity index (χ2v) is 7.16. The highest BCUT2D eigenvalue weighted by Crippen LogP contribution is 2.18. The third-order valence-corrected chi connectivity index (χ3v) is 5.42. The maximum atomic E-state index is 13.0. The Morgan fingerprint density at radius 3 is 2.84 bits per heavy atom.